The summed E-state index contributed by atoms with van der Waals surface area (Å²) < 4.78 is 0. The Balaban J connectivity index is 3.63. The largest absolute Gasteiger partial charge is 0.392 e. The summed E-state index contributed by atoms with van der Waals surface area (Å²) in [6.45, 7) is 5.31. The maximum Gasteiger partial charge on any atom is 0.237 e. The molecular formula is C8H16N2O2. The van der Waals surface area contributed by atoms with Crippen LogP contribution >= 0.6 is 0 Å². The minimum atomic E-state index is -0.554. The quantitative estimate of drug-likeness (QED) is 0.484. The van der Waals surface area contributed by atoms with Gasteiger partial charge in [-0.2, -0.15) is 0 Å². The van der Waals surface area contributed by atoms with Crippen LogP contribution in [0.5, 0.6) is 0 Å². The summed E-state index contributed by atoms with van der Waals surface area (Å²) in [5, 5.41) is 11.3. The molecule has 0 bridgehead atoms. The Morgan fingerprint density at radius 1 is 1.83 bits per heavy atom. The molecule has 12 heavy (non-hydrogen) atoms. The number of carbonyl (C=O) groups excluding carboxylic acids is 1. The summed E-state index contributed by atoms with van der Waals surface area (Å²) in [5.74, 6) is -0.254. The Bertz CT molecular complexity index is 157. The zero-order valence-electron chi connectivity index (χ0n) is 7.29. The number of nitrogens with two attached hydrogens (primary N) is 1. The van der Waals surface area contributed by atoms with E-state index >= 15 is 0 Å². The minimum absolute atomic E-state index is 0.240. The standard InChI is InChI=1S/C8H16N2O2/c1-3-4-7(9)8(12)10-5-6(2)11/h3,6-7,11H,1,4-5,9H2,2H3,(H,10,12)/t6-,7?/m1/s1. The van der Waals surface area contributed by atoms with Gasteiger partial charge in [0.2, 0.25) is 5.91 Å². The molecular weight excluding hydrogens is 156 g/mol. The van der Waals surface area contributed by atoms with E-state index in [2.05, 4.69) is 11.9 Å². The van der Waals surface area contributed by atoms with Crippen molar-refractivity contribution in [3.63, 3.8) is 0 Å². The van der Waals surface area contributed by atoms with E-state index in [9.17, 15) is 4.79 Å². The van der Waals surface area contributed by atoms with Crippen molar-refractivity contribution in [2.45, 2.75) is 25.5 Å². The molecule has 0 saturated heterocycles. The summed E-state index contributed by atoms with van der Waals surface area (Å²) in [6.07, 6.45) is 1.50. The molecule has 0 rings (SSSR count). The Morgan fingerprint density at radius 2 is 2.42 bits per heavy atom. The predicted molar refractivity (Wildman–Crippen MR) is 47.5 cm³/mol. The van der Waals surface area contributed by atoms with Gasteiger partial charge in [-0.05, 0) is 13.3 Å². The van der Waals surface area contributed by atoms with Crippen LogP contribution < -0.4 is 11.1 Å². The van der Waals surface area contributed by atoms with Crippen molar-refractivity contribution in [2.24, 2.45) is 5.73 Å². The van der Waals surface area contributed by atoms with E-state index in [4.69, 9.17) is 10.8 Å². The van der Waals surface area contributed by atoms with Crippen molar-refractivity contribution in [3.05, 3.63) is 12.7 Å². The molecule has 0 spiro atoms. The third-order valence-electron chi connectivity index (χ3n) is 1.33. The third kappa shape index (κ3) is 4.87. The van der Waals surface area contributed by atoms with Gasteiger partial charge in [-0.25, -0.2) is 0 Å². The average molecular weight is 172 g/mol. The predicted octanol–water partition coefficient (Wildman–Crippen LogP) is -0.613. The van der Waals surface area contributed by atoms with E-state index in [0.717, 1.165) is 0 Å². The molecule has 4 heteroatoms. The van der Waals surface area contributed by atoms with Crippen LogP contribution in [-0.4, -0.2) is 29.7 Å². The Kier molecular flexibility index (Phi) is 5.32. The highest BCUT2D eigenvalue weighted by molar-refractivity contribution is 5.81. The van der Waals surface area contributed by atoms with Crippen LogP contribution in [0.3, 0.4) is 0 Å². The summed E-state index contributed by atoms with van der Waals surface area (Å²) in [5.41, 5.74) is 5.45. The van der Waals surface area contributed by atoms with Crippen molar-refractivity contribution in [1.82, 2.24) is 5.32 Å². The van der Waals surface area contributed by atoms with Gasteiger partial charge in [-0.1, -0.05) is 6.08 Å². The van der Waals surface area contributed by atoms with E-state index < -0.39 is 12.1 Å². The van der Waals surface area contributed by atoms with Crippen LogP contribution in [0.25, 0.3) is 0 Å². The number of hydrogen-bond donors (Lipinski definition) is 3. The maximum atomic E-state index is 11.0. The molecule has 1 unspecified atom stereocenters. The Hall–Kier alpha value is -0.870. The number of carbonyl (C=O) groups is 1. The monoisotopic (exact) mass is 172 g/mol. The van der Waals surface area contributed by atoms with Crippen LogP contribution in [0.4, 0.5) is 0 Å². The first kappa shape index (κ1) is 11.1. The Labute approximate surface area is 72.4 Å². The zero-order chi connectivity index (χ0) is 9.56. The minimum Gasteiger partial charge on any atom is -0.392 e. The molecule has 0 saturated carbocycles. The molecule has 2 atom stereocenters. The maximum absolute atomic E-state index is 11.0. The van der Waals surface area contributed by atoms with Gasteiger partial charge >= 0.3 is 0 Å². The molecule has 70 valence electrons. The second kappa shape index (κ2) is 5.74. The smallest absolute Gasteiger partial charge is 0.237 e. The number of nitrogens with one attached hydrogen (secondary N) is 1. The number of aliphatic hydroxyl groups is 1. The van der Waals surface area contributed by atoms with Crippen molar-refractivity contribution in [1.29, 1.82) is 0 Å². The molecule has 0 aliphatic heterocycles. The van der Waals surface area contributed by atoms with Gasteiger partial charge in [0.05, 0.1) is 12.1 Å². The molecule has 0 fully saturated rings. The van der Waals surface area contributed by atoms with Gasteiger partial charge in [0.15, 0.2) is 0 Å². The van der Waals surface area contributed by atoms with E-state index in [1.54, 1.807) is 13.0 Å². The van der Waals surface area contributed by atoms with E-state index in [1.165, 1.54) is 0 Å². The lowest BCUT2D eigenvalue weighted by Gasteiger charge is -2.11. The molecule has 4 nitrogen and oxygen atoms in total. The first-order valence-electron chi connectivity index (χ1n) is 3.90. The second-order valence-corrected chi connectivity index (χ2v) is 2.73. The normalized spacial score (nSPS) is 14.9. The fourth-order valence-corrected chi connectivity index (χ4v) is 0.666. The Morgan fingerprint density at radius 3 is 2.83 bits per heavy atom. The fourth-order valence-electron chi connectivity index (χ4n) is 0.666. The van der Waals surface area contributed by atoms with E-state index in [-0.39, 0.29) is 12.5 Å². The summed E-state index contributed by atoms with van der Waals surface area (Å²) >= 11 is 0. The summed E-state index contributed by atoms with van der Waals surface area (Å²) in [7, 11) is 0. The average Bonchev–Trinajstić information content (AvgIpc) is 2.00. The lowest BCUT2D eigenvalue weighted by molar-refractivity contribution is -0.122. The molecule has 1 amide bonds. The third-order valence-corrected chi connectivity index (χ3v) is 1.33. The lowest BCUT2D eigenvalue weighted by atomic mass is 10.2. The zero-order valence-corrected chi connectivity index (χ0v) is 7.29. The summed E-state index contributed by atoms with van der Waals surface area (Å²) in [6, 6.07) is -0.554. The van der Waals surface area contributed by atoms with Crippen LogP contribution in [-0.2, 0) is 4.79 Å². The van der Waals surface area contributed by atoms with Crippen LogP contribution in [0.1, 0.15) is 13.3 Å². The van der Waals surface area contributed by atoms with Crippen LogP contribution in [0, 0.1) is 0 Å². The van der Waals surface area contributed by atoms with Crippen molar-refractivity contribution >= 4 is 5.91 Å². The molecule has 0 aliphatic carbocycles. The van der Waals surface area contributed by atoms with Gasteiger partial charge in [0.25, 0.3) is 0 Å². The first-order valence-corrected chi connectivity index (χ1v) is 3.90. The van der Waals surface area contributed by atoms with Crippen molar-refractivity contribution in [3.8, 4) is 0 Å². The van der Waals surface area contributed by atoms with Crippen LogP contribution in [0.15, 0.2) is 12.7 Å². The van der Waals surface area contributed by atoms with Crippen molar-refractivity contribution in [2.75, 3.05) is 6.54 Å². The summed E-state index contributed by atoms with van der Waals surface area (Å²) in [4.78, 5) is 11.0. The van der Waals surface area contributed by atoms with Gasteiger partial charge < -0.3 is 16.2 Å². The van der Waals surface area contributed by atoms with E-state index in [0.29, 0.717) is 6.42 Å². The van der Waals surface area contributed by atoms with Crippen LogP contribution in [0.2, 0.25) is 0 Å². The molecule has 0 aromatic carbocycles. The lowest BCUT2D eigenvalue weighted by Crippen LogP contribution is -2.42. The molecule has 0 aromatic heterocycles. The number of amides is 1. The van der Waals surface area contributed by atoms with Gasteiger partial charge in [-0.3, -0.25) is 4.79 Å². The molecule has 4 N–H and O–H groups in total. The SMILES string of the molecule is C=CCC(N)C(=O)NC[C@@H](C)O. The highest BCUT2D eigenvalue weighted by atomic mass is 16.3. The molecule has 0 aliphatic rings. The fraction of sp³-hybridized carbons (Fsp3) is 0.625. The van der Waals surface area contributed by atoms with Gasteiger partial charge in [0.1, 0.15) is 0 Å². The number of rotatable bonds is 5. The number of aliphatic hydroxyl groups excluding tert-OH is 1. The van der Waals surface area contributed by atoms with Gasteiger partial charge in [-0.15, -0.1) is 6.58 Å². The molecule has 0 radical (unpaired) electrons. The molecule has 0 aromatic rings. The molecule has 0 heterocycles. The van der Waals surface area contributed by atoms with Gasteiger partial charge in [0, 0.05) is 6.54 Å². The van der Waals surface area contributed by atoms with E-state index in [1.807, 2.05) is 0 Å². The highest BCUT2D eigenvalue weighted by Crippen LogP contribution is 1.88. The first-order chi connectivity index (χ1) is 5.57. The van der Waals surface area contributed by atoms with Crippen molar-refractivity contribution < 1.29 is 9.90 Å². The second-order valence-electron chi connectivity index (χ2n) is 2.73. The number of hydrogen-bond acceptors (Lipinski definition) is 3. The topological polar surface area (TPSA) is 75.4 Å². The highest BCUT2D eigenvalue weighted by Gasteiger charge is 2.10.